The maximum atomic E-state index is 6.12. The lowest BCUT2D eigenvalue weighted by Gasteiger charge is -2.34. The van der Waals surface area contributed by atoms with Crippen LogP contribution in [0.1, 0.15) is 24.1 Å². The van der Waals surface area contributed by atoms with Crippen LogP contribution >= 0.6 is 11.6 Å². The summed E-state index contributed by atoms with van der Waals surface area (Å²) < 4.78 is 7.46. The largest absolute Gasteiger partial charge is 0.373 e. The summed E-state index contributed by atoms with van der Waals surface area (Å²) in [7, 11) is 1.84. The van der Waals surface area contributed by atoms with Crippen molar-refractivity contribution in [3.8, 4) is 0 Å². The van der Waals surface area contributed by atoms with E-state index in [0.29, 0.717) is 23.8 Å². The average molecular weight is 244 g/mol. The van der Waals surface area contributed by atoms with Gasteiger partial charge < -0.3 is 10.5 Å². The average Bonchev–Trinajstić information content (AvgIpc) is 2.42. The van der Waals surface area contributed by atoms with Crippen molar-refractivity contribution >= 4 is 11.6 Å². The number of halogens is 1. The molecule has 1 aliphatic rings. The first-order valence-electron chi connectivity index (χ1n) is 5.61. The summed E-state index contributed by atoms with van der Waals surface area (Å²) >= 11 is 6.12. The first kappa shape index (κ1) is 11.9. The molecule has 16 heavy (non-hydrogen) atoms. The number of nitrogens with zero attached hydrogens (tertiary/aromatic N) is 2. The molecule has 0 bridgehead atoms. The number of hydrogen-bond donors (Lipinski definition) is 1. The van der Waals surface area contributed by atoms with Crippen LogP contribution in [0.5, 0.6) is 0 Å². The number of aromatic nitrogens is 2. The van der Waals surface area contributed by atoms with Gasteiger partial charge in [0.2, 0.25) is 0 Å². The summed E-state index contributed by atoms with van der Waals surface area (Å²) in [6, 6.07) is 0. The van der Waals surface area contributed by atoms with Gasteiger partial charge in [0, 0.05) is 12.6 Å². The minimum atomic E-state index is 0.351. The van der Waals surface area contributed by atoms with Gasteiger partial charge in [0.05, 0.1) is 18.4 Å². The first-order valence-corrected chi connectivity index (χ1v) is 5.99. The molecule has 1 aliphatic carbocycles. The van der Waals surface area contributed by atoms with Gasteiger partial charge in [-0.05, 0) is 32.2 Å². The summed E-state index contributed by atoms with van der Waals surface area (Å²) in [4.78, 5) is 0. The number of nitrogens with two attached hydrogens (primary N) is 1. The molecule has 1 fully saturated rings. The maximum Gasteiger partial charge on any atom is 0.132 e. The molecule has 5 heteroatoms. The van der Waals surface area contributed by atoms with Crippen molar-refractivity contribution in [2.45, 2.75) is 32.5 Å². The second kappa shape index (κ2) is 4.73. The van der Waals surface area contributed by atoms with Crippen LogP contribution in [0.15, 0.2) is 0 Å². The predicted octanol–water partition coefficient (Wildman–Crippen LogP) is 1.64. The third-order valence-corrected chi connectivity index (χ3v) is 3.73. The molecule has 4 nitrogen and oxygen atoms in total. The summed E-state index contributed by atoms with van der Waals surface area (Å²) in [6.07, 6.45) is 2.50. The van der Waals surface area contributed by atoms with E-state index in [-0.39, 0.29) is 0 Å². The molecule has 2 rings (SSSR count). The minimum Gasteiger partial charge on any atom is -0.373 e. The standard InChI is InChI=1S/C11H18ClN3O/c1-7-10(11(12)15(2)14-7)6-16-9-3-8(4-9)5-13/h8-9H,3-6,13H2,1-2H3. The molecule has 0 aromatic carbocycles. The Bertz CT molecular complexity index is 372. The van der Waals surface area contributed by atoms with Gasteiger partial charge in [-0.3, -0.25) is 4.68 Å². The van der Waals surface area contributed by atoms with Gasteiger partial charge in [-0.1, -0.05) is 11.6 Å². The maximum absolute atomic E-state index is 6.12. The zero-order valence-electron chi connectivity index (χ0n) is 9.74. The minimum absolute atomic E-state index is 0.351. The Morgan fingerprint density at radius 2 is 2.25 bits per heavy atom. The second-order valence-corrected chi connectivity index (χ2v) is 4.84. The van der Waals surface area contributed by atoms with Crippen LogP contribution in [0, 0.1) is 12.8 Å². The Morgan fingerprint density at radius 3 is 2.75 bits per heavy atom. The molecular formula is C11H18ClN3O. The van der Waals surface area contributed by atoms with Crippen molar-refractivity contribution < 1.29 is 4.74 Å². The van der Waals surface area contributed by atoms with E-state index in [4.69, 9.17) is 22.1 Å². The monoisotopic (exact) mass is 243 g/mol. The molecule has 0 saturated heterocycles. The Labute approximate surface area is 101 Å². The topological polar surface area (TPSA) is 53.1 Å². The van der Waals surface area contributed by atoms with Gasteiger partial charge >= 0.3 is 0 Å². The molecule has 2 N–H and O–H groups in total. The zero-order valence-corrected chi connectivity index (χ0v) is 10.5. The smallest absolute Gasteiger partial charge is 0.132 e. The van der Waals surface area contributed by atoms with Crippen molar-refractivity contribution in [2.75, 3.05) is 6.54 Å². The SMILES string of the molecule is Cc1nn(C)c(Cl)c1COC1CC(CN)C1. The second-order valence-electron chi connectivity index (χ2n) is 4.48. The van der Waals surface area contributed by atoms with Crippen LogP contribution in [0.2, 0.25) is 5.15 Å². The van der Waals surface area contributed by atoms with Crippen molar-refractivity contribution in [1.82, 2.24) is 9.78 Å². The van der Waals surface area contributed by atoms with E-state index in [9.17, 15) is 0 Å². The molecule has 0 aliphatic heterocycles. The summed E-state index contributed by atoms with van der Waals surface area (Å²) in [5.74, 6) is 0.649. The van der Waals surface area contributed by atoms with Crippen molar-refractivity contribution in [1.29, 1.82) is 0 Å². The van der Waals surface area contributed by atoms with Crippen LogP contribution in [0.4, 0.5) is 0 Å². The molecule has 1 aromatic heterocycles. The van der Waals surface area contributed by atoms with E-state index in [1.54, 1.807) is 4.68 Å². The van der Waals surface area contributed by atoms with E-state index in [1.807, 2.05) is 14.0 Å². The van der Waals surface area contributed by atoms with Gasteiger partial charge in [-0.15, -0.1) is 0 Å². The Hall–Kier alpha value is -0.580. The van der Waals surface area contributed by atoms with E-state index >= 15 is 0 Å². The third kappa shape index (κ3) is 2.24. The van der Waals surface area contributed by atoms with Gasteiger partial charge in [-0.2, -0.15) is 5.10 Å². The summed E-state index contributed by atoms with van der Waals surface area (Å²) in [5.41, 5.74) is 7.51. The number of hydrogen-bond acceptors (Lipinski definition) is 3. The number of ether oxygens (including phenoxy) is 1. The molecule has 1 saturated carbocycles. The molecular weight excluding hydrogens is 226 g/mol. The zero-order chi connectivity index (χ0) is 11.7. The lowest BCUT2D eigenvalue weighted by molar-refractivity contribution is -0.0377. The van der Waals surface area contributed by atoms with Gasteiger partial charge in [0.1, 0.15) is 5.15 Å². The van der Waals surface area contributed by atoms with E-state index in [1.165, 1.54) is 0 Å². The van der Waals surface area contributed by atoms with Crippen LogP contribution in [0.3, 0.4) is 0 Å². The Morgan fingerprint density at radius 1 is 1.56 bits per heavy atom. The highest BCUT2D eigenvalue weighted by atomic mass is 35.5. The fourth-order valence-electron chi connectivity index (χ4n) is 2.04. The molecule has 0 spiro atoms. The lowest BCUT2D eigenvalue weighted by atomic mass is 9.82. The van der Waals surface area contributed by atoms with Gasteiger partial charge in [0.25, 0.3) is 0 Å². The van der Waals surface area contributed by atoms with Crippen molar-refractivity contribution in [3.05, 3.63) is 16.4 Å². The molecule has 1 aromatic rings. The predicted molar refractivity (Wildman–Crippen MR) is 63.3 cm³/mol. The highest BCUT2D eigenvalue weighted by Crippen LogP contribution is 2.30. The summed E-state index contributed by atoms with van der Waals surface area (Å²) in [5, 5.41) is 4.92. The first-order chi connectivity index (χ1) is 7.61. The number of rotatable bonds is 4. The normalized spacial score (nSPS) is 24.5. The number of aryl methyl sites for hydroxylation is 2. The van der Waals surface area contributed by atoms with E-state index in [0.717, 1.165) is 30.6 Å². The fourth-order valence-corrected chi connectivity index (χ4v) is 2.27. The molecule has 1 heterocycles. The fraction of sp³-hybridized carbons (Fsp3) is 0.727. The molecule has 90 valence electrons. The highest BCUT2D eigenvalue weighted by molar-refractivity contribution is 6.30. The van der Waals surface area contributed by atoms with Gasteiger partial charge in [0.15, 0.2) is 0 Å². The van der Waals surface area contributed by atoms with Crippen molar-refractivity contribution in [2.24, 2.45) is 18.7 Å². The lowest BCUT2D eigenvalue weighted by Crippen LogP contribution is -2.35. The van der Waals surface area contributed by atoms with E-state index in [2.05, 4.69) is 5.10 Å². The van der Waals surface area contributed by atoms with E-state index < -0.39 is 0 Å². The van der Waals surface area contributed by atoms with Crippen LogP contribution in [-0.4, -0.2) is 22.4 Å². The Kier molecular flexibility index (Phi) is 3.52. The van der Waals surface area contributed by atoms with Crippen LogP contribution in [0.25, 0.3) is 0 Å². The van der Waals surface area contributed by atoms with Crippen LogP contribution < -0.4 is 5.73 Å². The highest BCUT2D eigenvalue weighted by Gasteiger charge is 2.29. The molecule has 0 amide bonds. The molecule has 0 radical (unpaired) electrons. The molecule has 0 atom stereocenters. The van der Waals surface area contributed by atoms with Crippen LogP contribution in [-0.2, 0) is 18.4 Å². The van der Waals surface area contributed by atoms with Gasteiger partial charge in [-0.25, -0.2) is 0 Å². The van der Waals surface area contributed by atoms with Crippen molar-refractivity contribution in [3.63, 3.8) is 0 Å². The summed E-state index contributed by atoms with van der Waals surface area (Å²) in [6.45, 7) is 3.28. The Balaban J connectivity index is 1.86. The third-order valence-electron chi connectivity index (χ3n) is 3.26. The quantitative estimate of drug-likeness (QED) is 0.875. The molecule has 0 unspecified atom stereocenters.